The number of carbonyl (C=O) groups is 1. The van der Waals surface area contributed by atoms with Gasteiger partial charge in [-0.2, -0.15) is 0 Å². The van der Waals surface area contributed by atoms with Crippen molar-refractivity contribution in [3.8, 4) is 0 Å². The highest BCUT2D eigenvalue weighted by Gasteiger charge is 2.40. The lowest BCUT2D eigenvalue weighted by molar-refractivity contribution is 0.0593. The van der Waals surface area contributed by atoms with Crippen molar-refractivity contribution in [3.63, 3.8) is 0 Å². The zero-order valence-electron chi connectivity index (χ0n) is 12.3. The summed E-state index contributed by atoms with van der Waals surface area (Å²) in [5, 5.41) is 16.0. The highest BCUT2D eigenvalue weighted by molar-refractivity contribution is 5.74. The Morgan fingerprint density at radius 1 is 1.30 bits per heavy atom. The molecule has 1 aromatic carbocycles. The predicted octanol–water partition coefficient (Wildman–Crippen LogP) is 2.38. The Morgan fingerprint density at radius 2 is 1.95 bits per heavy atom. The summed E-state index contributed by atoms with van der Waals surface area (Å²) in [5.74, 6) is 0. The quantitative estimate of drug-likeness (QED) is 0.747. The number of amides is 2. The van der Waals surface area contributed by atoms with Gasteiger partial charge in [0.1, 0.15) is 5.60 Å². The van der Waals surface area contributed by atoms with Gasteiger partial charge < -0.3 is 15.7 Å². The smallest absolute Gasteiger partial charge is 0.314 e. The number of hydrogen-bond acceptors (Lipinski definition) is 2. The van der Waals surface area contributed by atoms with Gasteiger partial charge in [-0.25, -0.2) is 4.79 Å². The molecule has 0 heterocycles. The molecule has 0 bridgehead atoms. The summed E-state index contributed by atoms with van der Waals surface area (Å²) in [6.07, 6.45) is 3.51. The van der Waals surface area contributed by atoms with Crippen LogP contribution in [0.1, 0.15) is 38.7 Å². The van der Waals surface area contributed by atoms with Gasteiger partial charge in [-0.05, 0) is 37.2 Å². The maximum atomic E-state index is 11.8. The Balaban J connectivity index is 1.78. The van der Waals surface area contributed by atoms with Gasteiger partial charge in [-0.3, -0.25) is 0 Å². The van der Waals surface area contributed by atoms with Crippen molar-refractivity contribution in [1.82, 2.24) is 10.6 Å². The Morgan fingerprint density at radius 3 is 2.50 bits per heavy atom. The molecule has 1 aromatic rings. The van der Waals surface area contributed by atoms with Gasteiger partial charge in [0, 0.05) is 6.54 Å². The third kappa shape index (κ3) is 3.73. The molecule has 0 aromatic heterocycles. The van der Waals surface area contributed by atoms with Crippen molar-refractivity contribution in [2.24, 2.45) is 5.41 Å². The molecule has 0 saturated heterocycles. The zero-order valence-corrected chi connectivity index (χ0v) is 12.3. The zero-order chi connectivity index (χ0) is 14.6. The minimum Gasteiger partial charge on any atom is -0.384 e. The number of hydrogen-bond donors (Lipinski definition) is 3. The van der Waals surface area contributed by atoms with Crippen LogP contribution in [0.15, 0.2) is 30.3 Å². The summed E-state index contributed by atoms with van der Waals surface area (Å²) >= 11 is 0. The predicted molar refractivity (Wildman–Crippen MR) is 79.4 cm³/mol. The van der Waals surface area contributed by atoms with E-state index in [1.807, 2.05) is 30.3 Å². The van der Waals surface area contributed by atoms with Crippen LogP contribution in [-0.2, 0) is 5.60 Å². The molecule has 1 aliphatic rings. The molecular formula is C16H24N2O2. The molecule has 20 heavy (non-hydrogen) atoms. The number of aliphatic hydroxyl groups is 1. The first kappa shape index (κ1) is 14.9. The Labute approximate surface area is 120 Å². The minimum atomic E-state index is -1.05. The van der Waals surface area contributed by atoms with Gasteiger partial charge in [0.25, 0.3) is 0 Å². The molecule has 1 saturated carbocycles. The van der Waals surface area contributed by atoms with Crippen LogP contribution in [0.3, 0.4) is 0 Å². The van der Waals surface area contributed by atoms with Gasteiger partial charge in [0.05, 0.1) is 6.54 Å². The van der Waals surface area contributed by atoms with Crippen molar-refractivity contribution in [1.29, 1.82) is 0 Å². The number of rotatable bonds is 6. The molecule has 0 spiro atoms. The lowest BCUT2D eigenvalue weighted by Gasteiger charge is -2.24. The van der Waals surface area contributed by atoms with E-state index in [1.54, 1.807) is 6.92 Å². The Kier molecular flexibility index (Phi) is 4.33. The van der Waals surface area contributed by atoms with Crippen LogP contribution in [0.4, 0.5) is 4.79 Å². The highest BCUT2D eigenvalue weighted by Crippen LogP contribution is 2.47. The van der Waals surface area contributed by atoms with E-state index in [1.165, 1.54) is 12.8 Å². The second-order valence-electron chi connectivity index (χ2n) is 6.03. The Hall–Kier alpha value is -1.55. The van der Waals surface area contributed by atoms with E-state index < -0.39 is 5.60 Å². The third-order valence-corrected chi connectivity index (χ3v) is 4.32. The molecule has 1 unspecified atom stereocenters. The first-order chi connectivity index (χ1) is 9.47. The standard InChI is InChI=1S/C16H24N2O2/c1-3-16(9-10-16)12-18-14(19)17-11-15(2,20)13-7-5-4-6-8-13/h4-8,20H,3,9-12H2,1-2H3,(H2,17,18,19). The third-order valence-electron chi connectivity index (χ3n) is 4.32. The normalized spacial score (nSPS) is 18.9. The molecule has 110 valence electrons. The lowest BCUT2D eigenvalue weighted by atomic mass is 9.96. The number of urea groups is 1. The van der Waals surface area contributed by atoms with Crippen LogP contribution in [0.2, 0.25) is 0 Å². The van der Waals surface area contributed by atoms with E-state index >= 15 is 0 Å². The molecule has 1 fully saturated rings. The van der Waals surface area contributed by atoms with E-state index in [0.29, 0.717) is 5.41 Å². The fourth-order valence-electron chi connectivity index (χ4n) is 2.31. The summed E-state index contributed by atoms with van der Waals surface area (Å²) in [5.41, 5.74) is 0.0763. The fraction of sp³-hybridized carbons (Fsp3) is 0.562. The maximum Gasteiger partial charge on any atom is 0.314 e. The molecule has 3 N–H and O–H groups in total. The van der Waals surface area contributed by atoms with Crippen molar-refractivity contribution < 1.29 is 9.90 Å². The minimum absolute atomic E-state index is 0.196. The van der Waals surface area contributed by atoms with E-state index in [9.17, 15) is 9.90 Å². The molecule has 2 rings (SSSR count). The number of carbonyl (C=O) groups excluding carboxylic acids is 1. The molecular weight excluding hydrogens is 252 g/mol. The SMILES string of the molecule is CCC1(CNC(=O)NCC(C)(O)c2ccccc2)CC1. The van der Waals surface area contributed by atoms with Crippen LogP contribution in [0, 0.1) is 5.41 Å². The number of benzene rings is 1. The van der Waals surface area contributed by atoms with Crippen LogP contribution in [-0.4, -0.2) is 24.2 Å². The largest absolute Gasteiger partial charge is 0.384 e. The maximum absolute atomic E-state index is 11.8. The van der Waals surface area contributed by atoms with E-state index in [-0.39, 0.29) is 12.6 Å². The number of nitrogens with one attached hydrogen (secondary N) is 2. The van der Waals surface area contributed by atoms with Gasteiger partial charge in [0.2, 0.25) is 0 Å². The molecule has 0 aliphatic heterocycles. The van der Waals surface area contributed by atoms with Crippen LogP contribution in [0.25, 0.3) is 0 Å². The molecule has 1 aliphatic carbocycles. The second kappa shape index (κ2) is 5.83. The summed E-state index contributed by atoms with van der Waals surface area (Å²) in [6, 6.07) is 9.16. The average molecular weight is 276 g/mol. The molecule has 4 heteroatoms. The summed E-state index contributed by atoms with van der Waals surface area (Å²) in [7, 11) is 0. The highest BCUT2D eigenvalue weighted by atomic mass is 16.3. The fourth-order valence-corrected chi connectivity index (χ4v) is 2.31. The first-order valence-corrected chi connectivity index (χ1v) is 7.27. The summed E-state index contributed by atoms with van der Waals surface area (Å²) in [4.78, 5) is 11.8. The van der Waals surface area contributed by atoms with Crippen molar-refractivity contribution in [2.45, 2.75) is 38.7 Å². The summed E-state index contributed by atoms with van der Waals surface area (Å²) < 4.78 is 0. The van der Waals surface area contributed by atoms with Crippen molar-refractivity contribution in [3.05, 3.63) is 35.9 Å². The second-order valence-corrected chi connectivity index (χ2v) is 6.03. The van der Waals surface area contributed by atoms with Gasteiger partial charge >= 0.3 is 6.03 Å². The van der Waals surface area contributed by atoms with Crippen LogP contribution >= 0.6 is 0 Å². The van der Waals surface area contributed by atoms with Crippen molar-refractivity contribution >= 4 is 6.03 Å². The average Bonchev–Trinajstić information content (AvgIpc) is 3.25. The monoisotopic (exact) mass is 276 g/mol. The van der Waals surface area contributed by atoms with Crippen molar-refractivity contribution in [2.75, 3.05) is 13.1 Å². The van der Waals surface area contributed by atoms with Gasteiger partial charge in [0.15, 0.2) is 0 Å². The molecule has 4 nitrogen and oxygen atoms in total. The molecule has 2 amide bonds. The van der Waals surface area contributed by atoms with E-state index in [2.05, 4.69) is 17.6 Å². The van der Waals surface area contributed by atoms with Crippen LogP contribution < -0.4 is 10.6 Å². The molecule has 0 radical (unpaired) electrons. The van der Waals surface area contributed by atoms with Crippen LogP contribution in [0.5, 0.6) is 0 Å². The lowest BCUT2D eigenvalue weighted by Crippen LogP contribution is -2.44. The topological polar surface area (TPSA) is 61.4 Å². The van der Waals surface area contributed by atoms with E-state index in [4.69, 9.17) is 0 Å². The summed E-state index contributed by atoms with van der Waals surface area (Å²) in [6.45, 7) is 4.79. The molecule has 1 atom stereocenters. The van der Waals surface area contributed by atoms with Gasteiger partial charge in [-0.1, -0.05) is 37.3 Å². The Bertz CT molecular complexity index is 453. The first-order valence-electron chi connectivity index (χ1n) is 7.27. The van der Waals surface area contributed by atoms with E-state index in [0.717, 1.165) is 18.5 Å². The van der Waals surface area contributed by atoms with Gasteiger partial charge in [-0.15, -0.1) is 0 Å².